The molecule has 0 radical (unpaired) electrons. The highest BCUT2D eigenvalue weighted by Crippen LogP contribution is 2.23. The summed E-state index contributed by atoms with van der Waals surface area (Å²) in [4.78, 5) is 24.3. The molecule has 1 amide bonds. The fourth-order valence-corrected chi connectivity index (χ4v) is 4.31. The van der Waals surface area contributed by atoms with Crippen molar-refractivity contribution in [2.75, 3.05) is 18.4 Å². The molecule has 0 saturated carbocycles. The number of hydrogen-bond acceptors (Lipinski definition) is 5. The lowest BCUT2D eigenvalue weighted by Gasteiger charge is -2.32. The van der Waals surface area contributed by atoms with Crippen LogP contribution in [0.2, 0.25) is 0 Å². The molecule has 6 heteroatoms. The Labute approximate surface area is 193 Å². The molecule has 2 N–H and O–H groups in total. The fourth-order valence-electron chi connectivity index (χ4n) is 4.31. The van der Waals surface area contributed by atoms with E-state index in [-0.39, 0.29) is 11.9 Å². The predicted molar refractivity (Wildman–Crippen MR) is 131 cm³/mol. The van der Waals surface area contributed by atoms with E-state index in [0.29, 0.717) is 11.5 Å². The van der Waals surface area contributed by atoms with E-state index in [1.54, 1.807) is 12.3 Å². The minimum Gasteiger partial charge on any atom is -0.348 e. The van der Waals surface area contributed by atoms with Crippen LogP contribution < -0.4 is 10.6 Å². The standard InChI is InChI=1S/C27H27N5O/c33-27(29-22-14-17-32(18-15-22)19-20-7-2-1-3-8-20)24-11-6-12-25(30-24)31-26-23-10-5-4-9-21(23)13-16-28-26/h1-13,16,22H,14-15,17-19H2,(H,29,33)(H,28,30,31). The molecule has 0 aliphatic carbocycles. The van der Waals surface area contributed by atoms with Crippen LogP contribution in [0.1, 0.15) is 28.9 Å². The number of fused-ring (bicyclic) bond motifs is 1. The summed E-state index contributed by atoms with van der Waals surface area (Å²) in [6, 6.07) is 26.2. The number of amides is 1. The van der Waals surface area contributed by atoms with Crippen molar-refractivity contribution in [2.24, 2.45) is 0 Å². The van der Waals surface area contributed by atoms with Gasteiger partial charge in [0.15, 0.2) is 0 Å². The summed E-state index contributed by atoms with van der Waals surface area (Å²) < 4.78 is 0. The highest BCUT2D eigenvalue weighted by atomic mass is 16.1. The van der Waals surface area contributed by atoms with Gasteiger partial charge in [-0.15, -0.1) is 0 Å². The zero-order chi connectivity index (χ0) is 22.5. The average Bonchev–Trinajstić information content (AvgIpc) is 2.86. The van der Waals surface area contributed by atoms with Gasteiger partial charge in [0.2, 0.25) is 0 Å². The Morgan fingerprint density at radius 1 is 0.909 bits per heavy atom. The van der Waals surface area contributed by atoms with Gasteiger partial charge in [0.05, 0.1) is 0 Å². The maximum Gasteiger partial charge on any atom is 0.270 e. The molecule has 3 heterocycles. The summed E-state index contributed by atoms with van der Waals surface area (Å²) in [7, 11) is 0. The molecule has 2 aromatic carbocycles. The summed E-state index contributed by atoms with van der Waals surface area (Å²) >= 11 is 0. The number of anilines is 2. The van der Waals surface area contributed by atoms with Crippen LogP contribution >= 0.6 is 0 Å². The van der Waals surface area contributed by atoms with E-state index in [1.807, 2.05) is 48.5 Å². The fraction of sp³-hybridized carbons (Fsp3) is 0.222. The molecule has 2 aromatic heterocycles. The van der Waals surface area contributed by atoms with Gasteiger partial charge in [-0.25, -0.2) is 9.97 Å². The Kier molecular flexibility index (Phi) is 6.26. The molecule has 0 atom stereocenters. The maximum atomic E-state index is 12.9. The van der Waals surface area contributed by atoms with Crippen molar-refractivity contribution in [1.29, 1.82) is 0 Å². The molecular formula is C27H27N5O. The van der Waals surface area contributed by atoms with E-state index in [2.05, 4.69) is 49.8 Å². The van der Waals surface area contributed by atoms with Crippen molar-refractivity contribution < 1.29 is 4.79 Å². The first-order valence-electron chi connectivity index (χ1n) is 11.4. The van der Waals surface area contributed by atoms with Crippen molar-refractivity contribution in [3.63, 3.8) is 0 Å². The van der Waals surface area contributed by atoms with Crippen LogP contribution in [-0.2, 0) is 6.54 Å². The van der Waals surface area contributed by atoms with Crippen molar-refractivity contribution in [2.45, 2.75) is 25.4 Å². The normalized spacial score (nSPS) is 14.8. The van der Waals surface area contributed by atoms with Crippen LogP contribution in [0, 0.1) is 0 Å². The number of aromatic nitrogens is 2. The quantitative estimate of drug-likeness (QED) is 0.455. The van der Waals surface area contributed by atoms with Crippen LogP contribution in [0.5, 0.6) is 0 Å². The predicted octanol–water partition coefficient (Wildman–Crippen LogP) is 4.77. The van der Waals surface area contributed by atoms with Crippen LogP contribution in [-0.4, -0.2) is 39.9 Å². The molecule has 0 bridgehead atoms. The number of carbonyl (C=O) groups is 1. The molecule has 1 saturated heterocycles. The van der Waals surface area contributed by atoms with Crippen LogP contribution in [0.4, 0.5) is 11.6 Å². The molecule has 33 heavy (non-hydrogen) atoms. The first-order valence-corrected chi connectivity index (χ1v) is 11.4. The maximum absolute atomic E-state index is 12.9. The molecule has 4 aromatic rings. The van der Waals surface area contributed by atoms with Crippen LogP contribution in [0.3, 0.4) is 0 Å². The molecule has 0 unspecified atom stereocenters. The highest BCUT2D eigenvalue weighted by Gasteiger charge is 2.21. The zero-order valence-electron chi connectivity index (χ0n) is 18.4. The van der Waals surface area contributed by atoms with Gasteiger partial charge in [0.25, 0.3) is 5.91 Å². The van der Waals surface area contributed by atoms with Gasteiger partial charge in [-0.1, -0.05) is 60.7 Å². The SMILES string of the molecule is O=C(NC1CCN(Cc2ccccc2)CC1)c1cccc(Nc2nccc3ccccc23)n1. The lowest BCUT2D eigenvalue weighted by atomic mass is 10.0. The lowest BCUT2D eigenvalue weighted by molar-refractivity contribution is 0.0904. The third-order valence-electron chi connectivity index (χ3n) is 6.07. The summed E-state index contributed by atoms with van der Waals surface area (Å²) in [5, 5.41) is 8.55. The molecule has 1 aliphatic rings. The number of carbonyl (C=O) groups excluding carboxylic acids is 1. The van der Waals surface area contributed by atoms with Crippen LogP contribution in [0.25, 0.3) is 10.8 Å². The van der Waals surface area contributed by atoms with Gasteiger partial charge in [-0.3, -0.25) is 9.69 Å². The minimum absolute atomic E-state index is 0.133. The highest BCUT2D eigenvalue weighted by molar-refractivity contribution is 5.94. The Morgan fingerprint density at radius 3 is 2.55 bits per heavy atom. The largest absolute Gasteiger partial charge is 0.348 e. The number of likely N-dealkylation sites (tertiary alicyclic amines) is 1. The lowest BCUT2D eigenvalue weighted by Crippen LogP contribution is -2.44. The van der Waals surface area contributed by atoms with E-state index in [4.69, 9.17) is 0 Å². The second-order valence-electron chi connectivity index (χ2n) is 8.42. The van der Waals surface area contributed by atoms with E-state index in [9.17, 15) is 4.79 Å². The molecule has 0 spiro atoms. The van der Waals surface area contributed by atoms with Gasteiger partial charge in [0.1, 0.15) is 17.3 Å². The Balaban J connectivity index is 1.19. The number of rotatable bonds is 6. The first kappa shape index (κ1) is 21.1. The van der Waals surface area contributed by atoms with Gasteiger partial charge >= 0.3 is 0 Å². The van der Waals surface area contributed by atoms with Crippen molar-refractivity contribution in [1.82, 2.24) is 20.2 Å². The monoisotopic (exact) mass is 437 g/mol. The zero-order valence-corrected chi connectivity index (χ0v) is 18.4. The van der Waals surface area contributed by atoms with Crippen molar-refractivity contribution >= 4 is 28.3 Å². The average molecular weight is 438 g/mol. The molecule has 5 rings (SSSR count). The van der Waals surface area contributed by atoms with Gasteiger partial charge in [0, 0.05) is 37.3 Å². The van der Waals surface area contributed by atoms with E-state index in [0.717, 1.165) is 49.1 Å². The summed E-state index contributed by atoms with van der Waals surface area (Å²) in [6.45, 7) is 2.90. The second-order valence-corrected chi connectivity index (χ2v) is 8.42. The van der Waals surface area contributed by atoms with Gasteiger partial charge in [-0.2, -0.15) is 0 Å². The number of pyridine rings is 2. The molecular weight excluding hydrogens is 410 g/mol. The number of nitrogens with one attached hydrogen (secondary N) is 2. The smallest absolute Gasteiger partial charge is 0.270 e. The summed E-state index contributed by atoms with van der Waals surface area (Å²) in [6.07, 6.45) is 3.65. The number of benzene rings is 2. The number of hydrogen-bond donors (Lipinski definition) is 2. The van der Waals surface area contributed by atoms with E-state index < -0.39 is 0 Å². The molecule has 1 aliphatic heterocycles. The Bertz CT molecular complexity index is 1230. The van der Waals surface area contributed by atoms with Crippen molar-refractivity contribution in [3.8, 4) is 0 Å². The topological polar surface area (TPSA) is 70.2 Å². The molecule has 166 valence electrons. The second kappa shape index (κ2) is 9.79. The Hall–Kier alpha value is -3.77. The summed E-state index contributed by atoms with van der Waals surface area (Å²) in [5.41, 5.74) is 1.74. The van der Waals surface area contributed by atoms with Crippen molar-refractivity contribution in [3.05, 3.63) is 96.3 Å². The molecule has 1 fully saturated rings. The number of nitrogens with zero attached hydrogens (tertiary/aromatic N) is 3. The minimum atomic E-state index is -0.133. The number of piperidine rings is 1. The van der Waals surface area contributed by atoms with E-state index >= 15 is 0 Å². The molecule has 6 nitrogen and oxygen atoms in total. The third kappa shape index (κ3) is 5.18. The summed E-state index contributed by atoms with van der Waals surface area (Å²) in [5.74, 6) is 1.19. The van der Waals surface area contributed by atoms with Gasteiger partial charge < -0.3 is 10.6 Å². The first-order chi connectivity index (χ1) is 16.2. The Morgan fingerprint density at radius 2 is 1.70 bits per heavy atom. The third-order valence-corrected chi connectivity index (χ3v) is 6.07. The van der Waals surface area contributed by atoms with E-state index in [1.165, 1.54) is 5.56 Å². The van der Waals surface area contributed by atoms with Crippen LogP contribution in [0.15, 0.2) is 85.1 Å². The van der Waals surface area contributed by atoms with Gasteiger partial charge in [-0.05, 0) is 42.0 Å².